The molecule has 2 amide bonds. The minimum absolute atomic E-state index is 0.0659. The van der Waals surface area contributed by atoms with Gasteiger partial charge in [0.15, 0.2) is 0 Å². The second-order valence-corrected chi connectivity index (χ2v) is 5.42. The van der Waals surface area contributed by atoms with Crippen LogP contribution in [0.25, 0.3) is 0 Å². The fourth-order valence-corrected chi connectivity index (χ4v) is 2.57. The highest BCUT2D eigenvalue weighted by Crippen LogP contribution is 2.27. The number of nitrogens with zero attached hydrogens (tertiary/aromatic N) is 1. The van der Waals surface area contributed by atoms with E-state index in [-0.39, 0.29) is 11.8 Å². The molecule has 1 aromatic carbocycles. The molecule has 0 aromatic heterocycles. The lowest BCUT2D eigenvalue weighted by atomic mass is 9.98. The summed E-state index contributed by atoms with van der Waals surface area (Å²) in [4.78, 5) is 26.6. The molecule has 0 saturated carbocycles. The molecular weight excluding hydrogens is 288 g/mol. The molecule has 1 aliphatic rings. The Bertz CT molecular complexity index is 557. The molecule has 0 spiro atoms. The van der Waals surface area contributed by atoms with Crippen molar-refractivity contribution in [3.05, 3.63) is 47.0 Å². The third-order valence-electron chi connectivity index (χ3n) is 3.59. The molecule has 1 N–H and O–H groups in total. The lowest BCUT2D eigenvalue weighted by molar-refractivity contribution is -0.149. The largest absolute Gasteiger partial charge is 0.342 e. The van der Waals surface area contributed by atoms with Gasteiger partial charge in [0.05, 0.1) is 0 Å². The van der Waals surface area contributed by atoms with Crippen molar-refractivity contribution in [3.63, 3.8) is 0 Å². The number of piperazine rings is 1. The number of hydrogen-bond donors (Lipinski definition) is 1. The minimum Gasteiger partial charge on any atom is -0.342 e. The van der Waals surface area contributed by atoms with Crippen LogP contribution in [0.3, 0.4) is 0 Å². The predicted octanol–water partition coefficient (Wildman–Crippen LogP) is 2.61. The van der Waals surface area contributed by atoms with Crippen molar-refractivity contribution in [2.75, 3.05) is 6.54 Å². The number of carbonyl (C=O) groups is 2. The van der Waals surface area contributed by atoms with Crippen molar-refractivity contribution in [1.29, 1.82) is 0 Å². The third kappa shape index (κ3) is 3.27. The zero-order valence-electron chi connectivity index (χ0n) is 12.2. The van der Waals surface area contributed by atoms with Gasteiger partial charge in [0.25, 0.3) is 0 Å². The summed E-state index contributed by atoms with van der Waals surface area (Å²) in [6, 6.07) is 8.26. The summed E-state index contributed by atoms with van der Waals surface area (Å²) >= 11 is 5.72. The molecule has 5 heteroatoms. The first kappa shape index (κ1) is 15.6. The maximum Gasteiger partial charge on any atom is 0.248 e. The Morgan fingerprint density at radius 3 is 2.57 bits per heavy atom. The quantitative estimate of drug-likeness (QED) is 0.929. The zero-order chi connectivity index (χ0) is 15.4. The van der Waals surface area contributed by atoms with E-state index in [0.29, 0.717) is 13.0 Å². The summed E-state index contributed by atoms with van der Waals surface area (Å²) in [5.74, 6) is -0.209. The molecule has 112 valence electrons. The van der Waals surface area contributed by atoms with Crippen LogP contribution in [-0.4, -0.2) is 29.3 Å². The minimum atomic E-state index is -0.604. The highest BCUT2D eigenvalue weighted by atomic mass is 35.5. The van der Waals surface area contributed by atoms with Gasteiger partial charge in [-0.1, -0.05) is 48.9 Å². The van der Waals surface area contributed by atoms with Crippen LogP contribution in [0.4, 0.5) is 0 Å². The van der Waals surface area contributed by atoms with Gasteiger partial charge in [-0.3, -0.25) is 9.59 Å². The van der Waals surface area contributed by atoms with Gasteiger partial charge < -0.3 is 10.2 Å². The fraction of sp³-hybridized carbons (Fsp3) is 0.375. The normalized spacial score (nSPS) is 23.2. The van der Waals surface area contributed by atoms with E-state index in [1.165, 1.54) is 5.54 Å². The Kier molecular flexibility index (Phi) is 5.02. The number of nitrogens with one attached hydrogen (secondary N) is 1. The van der Waals surface area contributed by atoms with Gasteiger partial charge in [-0.05, 0) is 24.5 Å². The van der Waals surface area contributed by atoms with Crippen LogP contribution in [0.1, 0.15) is 31.9 Å². The standard InChI is InChI=1S/C16H19ClN2O2/c1-3-13-16(21)19(10-11(2)9-17)14(15(20)18-13)12-7-5-4-6-8-12/h4-9,13-14H,3,10H2,1-2H3,(H,18,20)/b11-9+. The summed E-state index contributed by atoms with van der Waals surface area (Å²) in [5.41, 5.74) is 3.10. The van der Waals surface area contributed by atoms with Crippen LogP contribution >= 0.6 is 11.6 Å². The predicted molar refractivity (Wildman–Crippen MR) is 82.7 cm³/mol. The van der Waals surface area contributed by atoms with Crippen molar-refractivity contribution in [2.24, 2.45) is 0 Å². The average Bonchev–Trinajstić information content (AvgIpc) is 2.51. The van der Waals surface area contributed by atoms with Crippen LogP contribution in [0.5, 0.6) is 0 Å². The lowest BCUT2D eigenvalue weighted by Gasteiger charge is -2.39. The molecule has 2 rings (SSSR count). The van der Waals surface area contributed by atoms with E-state index in [4.69, 9.17) is 11.6 Å². The van der Waals surface area contributed by atoms with Crippen molar-refractivity contribution in [2.45, 2.75) is 32.4 Å². The summed E-state index contributed by atoms with van der Waals surface area (Å²) < 4.78 is 0. The third-order valence-corrected chi connectivity index (χ3v) is 3.96. The number of amides is 2. The molecule has 1 saturated heterocycles. The number of rotatable bonds is 4. The molecule has 1 aliphatic heterocycles. The van der Waals surface area contributed by atoms with Gasteiger partial charge in [0, 0.05) is 12.1 Å². The Hall–Kier alpha value is -1.81. The maximum atomic E-state index is 12.6. The molecule has 0 radical (unpaired) electrons. The molecule has 21 heavy (non-hydrogen) atoms. The van der Waals surface area contributed by atoms with Crippen molar-refractivity contribution in [3.8, 4) is 0 Å². The van der Waals surface area contributed by atoms with Crippen LogP contribution in [0.2, 0.25) is 0 Å². The first-order valence-corrected chi connectivity index (χ1v) is 7.43. The van der Waals surface area contributed by atoms with E-state index >= 15 is 0 Å². The Morgan fingerprint density at radius 2 is 2.00 bits per heavy atom. The molecule has 1 aromatic rings. The maximum absolute atomic E-state index is 12.6. The summed E-state index contributed by atoms with van der Waals surface area (Å²) in [6.45, 7) is 4.08. The summed E-state index contributed by atoms with van der Waals surface area (Å²) in [6.07, 6.45) is 0.576. The SMILES string of the molecule is CCC1NC(=O)C(c2ccccc2)N(C/C(C)=C/Cl)C1=O. The first-order valence-electron chi connectivity index (χ1n) is 7.00. The van der Waals surface area contributed by atoms with E-state index in [0.717, 1.165) is 11.1 Å². The smallest absolute Gasteiger partial charge is 0.248 e. The van der Waals surface area contributed by atoms with Crippen molar-refractivity contribution < 1.29 is 9.59 Å². The summed E-state index contributed by atoms with van der Waals surface area (Å²) in [7, 11) is 0. The Balaban J connectivity index is 2.39. The number of hydrogen-bond acceptors (Lipinski definition) is 2. The van der Waals surface area contributed by atoms with Crippen LogP contribution in [0.15, 0.2) is 41.4 Å². The lowest BCUT2D eigenvalue weighted by Crippen LogP contribution is -2.59. The highest BCUT2D eigenvalue weighted by Gasteiger charge is 2.40. The molecule has 0 aliphatic carbocycles. The molecule has 4 nitrogen and oxygen atoms in total. The van der Waals surface area contributed by atoms with Gasteiger partial charge in [-0.15, -0.1) is 0 Å². The Morgan fingerprint density at radius 1 is 1.33 bits per heavy atom. The number of carbonyl (C=O) groups excluding carboxylic acids is 2. The zero-order valence-corrected chi connectivity index (χ0v) is 12.9. The van der Waals surface area contributed by atoms with Gasteiger partial charge in [0.2, 0.25) is 11.8 Å². The van der Waals surface area contributed by atoms with Gasteiger partial charge >= 0.3 is 0 Å². The molecule has 2 atom stereocenters. The van der Waals surface area contributed by atoms with Gasteiger partial charge in [-0.25, -0.2) is 0 Å². The van der Waals surface area contributed by atoms with E-state index in [1.807, 2.05) is 44.2 Å². The van der Waals surface area contributed by atoms with Crippen LogP contribution in [-0.2, 0) is 9.59 Å². The second kappa shape index (κ2) is 6.76. The van der Waals surface area contributed by atoms with Crippen LogP contribution in [0, 0.1) is 0 Å². The average molecular weight is 307 g/mol. The molecule has 0 bridgehead atoms. The summed E-state index contributed by atoms with van der Waals surface area (Å²) in [5, 5.41) is 2.80. The van der Waals surface area contributed by atoms with E-state index in [1.54, 1.807) is 4.90 Å². The molecular formula is C16H19ClN2O2. The van der Waals surface area contributed by atoms with E-state index in [2.05, 4.69) is 5.32 Å². The topological polar surface area (TPSA) is 49.4 Å². The number of benzene rings is 1. The molecule has 1 fully saturated rings. The Labute approximate surface area is 129 Å². The molecule has 1 heterocycles. The van der Waals surface area contributed by atoms with Gasteiger partial charge in [0.1, 0.15) is 12.1 Å². The van der Waals surface area contributed by atoms with E-state index in [9.17, 15) is 9.59 Å². The fourth-order valence-electron chi connectivity index (χ4n) is 2.50. The van der Waals surface area contributed by atoms with Crippen molar-refractivity contribution >= 4 is 23.4 Å². The van der Waals surface area contributed by atoms with Gasteiger partial charge in [-0.2, -0.15) is 0 Å². The monoisotopic (exact) mass is 306 g/mol. The first-order chi connectivity index (χ1) is 10.1. The number of halogens is 1. The van der Waals surface area contributed by atoms with E-state index < -0.39 is 12.1 Å². The van der Waals surface area contributed by atoms with Crippen molar-refractivity contribution in [1.82, 2.24) is 10.2 Å². The highest BCUT2D eigenvalue weighted by molar-refractivity contribution is 6.25. The van der Waals surface area contributed by atoms with Crippen LogP contribution < -0.4 is 5.32 Å². The second-order valence-electron chi connectivity index (χ2n) is 5.20. The molecule has 2 unspecified atom stereocenters.